The molecule has 2 aliphatic heterocycles. The first-order chi connectivity index (χ1) is 16.5. The van der Waals surface area contributed by atoms with Gasteiger partial charge >= 0.3 is 0 Å². The van der Waals surface area contributed by atoms with Crippen molar-refractivity contribution in [3.05, 3.63) is 59.2 Å². The molecule has 0 aromatic heterocycles. The fourth-order valence-electron chi connectivity index (χ4n) is 4.98. The molecule has 5 nitrogen and oxygen atoms in total. The summed E-state index contributed by atoms with van der Waals surface area (Å²) in [5, 5.41) is 3.03. The molecule has 182 valence electrons. The molecule has 2 heterocycles. The molecule has 2 aromatic carbocycles. The van der Waals surface area contributed by atoms with E-state index in [-0.39, 0.29) is 11.8 Å². The Balaban J connectivity index is 1.54. The van der Waals surface area contributed by atoms with E-state index in [2.05, 4.69) is 24.1 Å². The van der Waals surface area contributed by atoms with Crippen LogP contribution in [0, 0.1) is 5.92 Å². The van der Waals surface area contributed by atoms with Gasteiger partial charge in [-0.05, 0) is 86.8 Å². The molecule has 0 spiro atoms. The van der Waals surface area contributed by atoms with Crippen molar-refractivity contribution >= 4 is 23.2 Å². The minimum Gasteiger partial charge on any atom is -0.371 e. The van der Waals surface area contributed by atoms with E-state index in [1.54, 1.807) is 0 Å². The first-order valence-corrected chi connectivity index (χ1v) is 13.1. The second-order valence-corrected chi connectivity index (χ2v) is 10.0. The molecule has 2 fully saturated rings. The van der Waals surface area contributed by atoms with Crippen molar-refractivity contribution in [1.82, 2.24) is 4.90 Å². The summed E-state index contributed by atoms with van der Waals surface area (Å²) in [5.74, 6) is 0.617. The number of hydrogen-bond acceptors (Lipinski definition) is 3. The number of carbonyl (C=O) groups excluding carboxylic acids is 2. The SMILES string of the molecule is CCCCc1ccc(C(=O)Nc2ccc(N3CCCCC3)c(C(=O)N3CCC(C)CC3)c2)cc1. The lowest BCUT2D eigenvalue weighted by atomic mass is 9.98. The summed E-state index contributed by atoms with van der Waals surface area (Å²) in [6.07, 6.45) is 9.01. The van der Waals surface area contributed by atoms with E-state index in [0.717, 1.165) is 76.8 Å². The first kappa shape index (κ1) is 24.3. The fraction of sp³-hybridized carbons (Fsp3) is 0.517. The Morgan fingerprint density at radius 1 is 0.941 bits per heavy atom. The third-order valence-corrected chi connectivity index (χ3v) is 7.29. The smallest absolute Gasteiger partial charge is 0.256 e. The number of amides is 2. The highest BCUT2D eigenvalue weighted by Crippen LogP contribution is 2.30. The lowest BCUT2D eigenvalue weighted by Crippen LogP contribution is -2.39. The predicted octanol–water partition coefficient (Wildman–Crippen LogP) is 6.14. The molecule has 0 radical (unpaired) electrons. The van der Waals surface area contributed by atoms with Crippen LogP contribution in [-0.4, -0.2) is 42.9 Å². The van der Waals surface area contributed by atoms with Crippen molar-refractivity contribution in [3.8, 4) is 0 Å². The molecular weight excluding hydrogens is 422 g/mol. The normalized spacial score (nSPS) is 17.0. The van der Waals surface area contributed by atoms with Crippen molar-refractivity contribution in [3.63, 3.8) is 0 Å². The summed E-state index contributed by atoms with van der Waals surface area (Å²) in [5.41, 5.74) is 4.28. The Bertz CT molecular complexity index is 971. The van der Waals surface area contributed by atoms with Gasteiger partial charge in [-0.25, -0.2) is 0 Å². The maximum absolute atomic E-state index is 13.6. The van der Waals surface area contributed by atoms with Crippen molar-refractivity contribution in [1.29, 1.82) is 0 Å². The maximum atomic E-state index is 13.6. The van der Waals surface area contributed by atoms with E-state index in [1.165, 1.54) is 12.0 Å². The molecule has 0 unspecified atom stereocenters. The lowest BCUT2D eigenvalue weighted by Gasteiger charge is -2.34. The monoisotopic (exact) mass is 461 g/mol. The Kier molecular flexibility index (Phi) is 8.25. The summed E-state index contributed by atoms with van der Waals surface area (Å²) >= 11 is 0. The van der Waals surface area contributed by atoms with Crippen molar-refractivity contribution < 1.29 is 9.59 Å². The van der Waals surface area contributed by atoms with Crippen molar-refractivity contribution in [2.75, 3.05) is 36.4 Å². The van der Waals surface area contributed by atoms with E-state index in [4.69, 9.17) is 0 Å². The average molecular weight is 462 g/mol. The first-order valence-electron chi connectivity index (χ1n) is 13.1. The van der Waals surface area contributed by atoms with Gasteiger partial charge in [-0.3, -0.25) is 9.59 Å². The van der Waals surface area contributed by atoms with E-state index >= 15 is 0 Å². The van der Waals surface area contributed by atoms with Crippen LogP contribution >= 0.6 is 0 Å². The van der Waals surface area contributed by atoms with Crippen molar-refractivity contribution in [2.45, 2.75) is 65.2 Å². The van der Waals surface area contributed by atoms with Gasteiger partial charge in [0.1, 0.15) is 0 Å². The Hall–Kier alpha value is -2.82. The lowest BCUT2D eigenvalue weighted by molar-refractivity contribution is 0.0697. The highest BCUT2D eigenvalue weighted by Gasteiger charge is 2.26. The highest BCUT2D eigenvalue weighted by molar-refractivity contribution is 6.06. The number of unbranched alkanes of at least 4 members (excludes halogenated alkanes) is 1. The van der Waals surface area contributed by atoms with E-state index < -0.39 is 0 Å². The molecule has 2 aromatic rings. The average Bonchev–Trinajstić information content (AvgIpc) is 2.88. The van der Waals surface area contributed by atoms with Gasteiger partial charge in [0, 0.05) is 43.1 Å². The number of aryl methyl sites for hydroxylation is 1. The van der Waals surface area contributed by atoms with Crippen LogP contribution in [0.15, 0.2) is 42.5 Å². The number of anilines is 2. The Morgan fingerprint density at radius 3 is 2.32 bits per heavy atom. The third-order valence-electron chi connectivity index (χ3n) is 7.29. The summed E-state index contributed by atoms with van der Waals surface area (Å²) in [6, 6.07) is 13.7. The molecule has 2 aliphatic rings. The van der Waals surface area contributed by atoms with Gasteiger partial charge in [-0.1, -0.05) is 32.4 Å². The zero-order chi connectivity index (χ0) is 23.9. The van der Waals surface area contributed by atoms with Crippen LogP contribution in [0.2, 0.25) is 0 Å². The molecule has 0 bridgehead atoms. The quantitative estimate of drug-likeness (QED) is 0.538. The molecule has 0 saturated carbocycles. The molecule has 1 N–H and O–H groups in total. The molecule has 2 amide bonds. The number of hydrogen-bond donors (Lipinski definition) is 1. The minimum absolute atomic E-state index is 0.0869. The third kappa shape index (κ3) is 5.99. The van der Waals surface area contributed by atoms with Crippen LogP contribution in [-0.2, 0) is 6.42 Å². The second kappa shape index (κ2) is 11.5. The van der Waals surface area contributed by atoms with E-state index in [9.17, 15) is 9.59 Å². The maximum Gasteiger partial charge on any atom is 0.256 e. The van der Waals surface area contributed by atoms with Gasteiger partial charge in [-0.15, -0.1) is 0 Å². The molecule has 4 rings (SSSR count). The molecule has 0 atom stereocenters. The standard InChI is InChI=1S/C29H39N3O2/c1-3-4-8-23-9-11-24(12-10-23)28(33)30-25-13-14-27(31-17-6-5-7-18-31)26(21-25)29(34)32-19-15-22(2)16-20-32/h9-14,21-22H,3-8,15-20H2,1-2H3,(H,30,33). The van der Waals surface area contributed by atoms with Gasteiger partial charge in [0.2, 0.25) is 0 Å². The Morgan fingerprint density at radius 2 is 1.65 bits per heavy atom. The minimum atomic E-state index is -0.141. The van der Waals surface area contributed by atoms with Crippen LogP contribution in [0.25, 0.3) is 0 Å². The largest absolute Gasteiger partial charge is 0.371 e. The summed E-state index contributed by atoms with van der Waals surface area (Å²) in [4.78, 5) is 30.8. The van der Waals surface area contributed by atoms with Crippen molar-refractivity contribution in [2.24, 2.45) is 5.92 Å². The summed E-state index contributed by atoms with van der Waals surface area (Å²) in [7, 11) is 0. The van der Waals surface area contributed by atoms with Crippen LogP contribution in [0.4, 0.5) is 11.4 Å². The number of carbonyl (C=O) groups is 2. The molecule has 5 heteroatoms. The van der Waals surface area contributed by atoms with Gasteiger partial charge in [-0.2, -0.15) is 0 Å². The molecule has 34 heavy (non-hydrogen) atoms. The highest BCUT2D eigenvalue weighted by atomic mass is 16.2. The van der Waals surface area contributed by atoms with Crippen LogP contribution < -0.4 is 10.2 Å². The zero-order valence-corrected chi connectivity index (χ0v) is 20.8. The number of likely N-dealkylation sites (tertiary alicyclic amines) is 1. The number of piperidine rings is 2. The van der Waals surface area contributed by atoms with E-state index in [0.29, 0.717) is 22.7 Å². The molecule has 2 saturated heterocycles. The molecular formula is C29H39N3O2. The van der Waals surface area contributed by atoms with Gasteiger partial charge < -0.3 is 15.1 Å². The number of nitrogens with one attached hydrogen (secondary N) is 1. The van der Waals surface area contributed by atoms with Gasteiger partial charge in [0.05, 0.1) is 5.56 Å². The second-order valence-electron chi connectivity index (χ2n) is 10.0. The molecule has 0 aliphatic carbocycles. The topological polar surface area (TPSA) is 52.7 Å². The summed E-state index contributed by atoms with van der Waals surface area (Å²) < 4.78 is 0. The zero-order valence-electron chi connectivity index (χ0n) is 20.8. The van der Waals surface area contributed by atoms with Crippen LogP contribution in [0.1, 0.15) is 85.1 Å². The van der Waals surface area contributed by atoms with Gasteiger partial charge in [0.15, 0.2) is 0 Å². The Labute approximate surface area is 204 Å². The number of rotatable bonds is 7. The van der Waals surface area contributed by atoms with Crippen LogP contribution in [0.5, 0.6) is 0 Å². The number of benzene rings is 2. The predicted molar refractivity (Wildman–Crippen MR) is 140 cm³/mol. The summed E-state index contributed by atoms with van der Waals surface area (Å²) in [6.45, 7) is 8.01. The fourth-order valence-corrected chi connectivity index (χ4v) is 4.98. The van der Waals surface area contributed by atoms with E-state index in [1.807, 2.05) is 47.4 Å². The number of nitrogens with zero attached hydrogens (tertiary/aromatic N) is 2. The van der Waals surface area contributed by atoms with Gasteiger partial charge in [0.25, 0.3) is 11.8 Å². The van der Waals surface area contributed by atoms with Crippen LogP contribution in [0.3, 0.4) is 0 Å².